The van der Waals surface area contributed by atoms with Gasteiger partial charge in [-0.15, -0.1) is 0 Å². The van der Waals surface area contributed by atoms with Crippen molar-refractivity contribution in [1.29, 1.82) is 0 Å². The summed E-state index contributed by atoms with van der Waals surface area (Å²) in [6.45, 7) is 11.1. The van der Waals surface area contributed by atoms with Gasteiger partial charge in [0.25, 0.3) is 0 Å². The van der Waals surface area contributed by atoms with Crippen LogP contribution in [0, 0.1) is 19.8 Å². The van der Waals surface area contributed by atoms with Crippen LogP contribution in [0.2, 0.25) is 0 Å². The quantitative estimate of drug-likeness (QED) is 0.778. The summed E-state index contributed by atoms with van der Waals surface area (Å²) < 4.78 is 0. The van der Waals surface area contributed by atoms with Gasteiger partial charge >= 0.3 is 6.03 Å². The van der Waals surface area contributed by atoms with E-state index in [4.69, 9.17) is 0 Å². The van der Waals surface area contributed by atoms with Gasteiger partial charge in [-0.1, -0.05) is 30.3 Å². The number of hydrogen-bond donors (Lipinski definition) is 2. The monoisotopic (exact) mass is 422 g/mol. The standard InChI is InChI=1S/C25H34N4O2/c1-17-9-6-7-11-20(17)22(21-18(2)10-8-14-26-21)27-23(30)19-12-15-29(16-13-19)24(31)28-25(3,4)5/h6-11,14,19,22H,12-13,15-16H2,1-5H3,(H,27,30)(H,28,31). The Morgan fingerprint density at radius 3 is 2.29 bits per heavy atom. The van der Waals surface area contributed by atoms with Gasteiger partial charge in [0.05, 0.1) is 11.7 Å². The minimum absolute atomic E-state index is 0.0224. The fraction of sp³-hybridized carbons (Fsp3) is 0.480. The molecular weight excluding hydrogens is 388 g/mol. The van der Waals surface area contributed by atoms with Crippen LogP contribution in [0.3, 0.4) is 0 Å². The smallest absolute Gasteiger partial charge is 0.317 e. The molecule has 1 fully saturated rings. The Morgan fingerprint density at radius 1 is 1.03 bits per heavy atom. The predicted molar refractivity (Wildman–Crippen MR) is 123 cm³/mol. The van der Waals surface area contributed by atoms with Crippen LogP contribution in [0.1, 0.15) is 62.0 Å². The fourth-order valence-corrected chi connectivity index (χ4v) is 4.01. The number of benzene rings is 1. The molecule has 0 aliphatic carbocycles. The molecule has 1 aliphatic rings. The van der Waals surface area contributed by atoms with E-state index in [1.54, 1.807) is 11.1 Å². The van der Waals surface area contributed by atoms with E-state index in [-0.39, 0.29) is 29.4 Å². The molecule has 1 saturated heterocycles. The largest absolute Gasteiger partial charge is 0.343 e. The van der Waals surface area contributed by atoms with E-state index >= 15 is 0 Å². The molecule has 1 aromatic carbocycles. The fourth-order valence-electron chi connectivity index (χ4n) is 4.01. The molecule has 0 radical (unpaired) electrons. The number of aromatic nitrogens is 1. The first-order chi connectivity index (χ1) is 14.7. The zero-order chi connectivity index (χ0) is 22.6. The average molecular weight is 423 g/mol. The maximum atomic E-state index is 13.2. The van der Waals surface area contributed by atoms with Crippen molar-refractivity contribution in [2.75, 3.05) is 13.1 Å². The van der Waals surface area contributed by atoms with Crippen LogP contribution in [0.5, 0.6) is 0 Å². The Kier molecular flexibility index (Phi) is 6.98. The lowest BCUT2D eigenvalue weighted by molar-refractivity contribution is -0.126. The predicted octanol–water partition coefficient (Wildman–Crippen LogP) is 4.12. The highest BCUT2D eigenvalue weighted by atomic mass is 16.2. The SMILES string of the molecule is Cc1ccccc1C(NC(=O)C1CCN(C(=O)NC(C)(C)C)CC1)c1ncccc1C. The Balaban J connectivity index is 1.72. The number of nitrogens with zero attached hydrogens (tertiary/aromatic N) is 2. The van der Waals surface area contributed by atoms with Crippen molar-refractivity contribution in [2.24, 2.45) is 5.92 Å². The summed E-state index contributed by atoms with van der Waals surface area (Å²) in [5.41, 5.74) is 3.81. The molecule has 3 amide bonds. The first-order valence-electron chi connectivity index (χ1n) is 11.0. The lowest BCUT2D eigenvalue weighted by Gasteiger charge is -2.34. The Labute approximate surface area is 185 Å². The molecule has 1 unspecified atom stereocenters. The minimum Gasteiger partial charge on any atom is -0.343 e. The Morgan fingerprint density at radius 2 is 1.68 bits per heavy atom. The molecule has 6 nitrogen and oxygen atoms in total. The van der Waals surface area contributed by atoms with Gasteiger partial charge < -0.3 is 15.5 Å². The van der Waals surface area contributed by atoms with Gasteiger partial charge in [-0.3, -0.25) is 9.78 Å². The van der Waals surface area contributed by atoms with Gasteiger partial charge in [-0.05, 0) is 70.2 Å². The topological polar surface area (TPSA) is 74.3 Å². The zero-order valence-electron chi connectivity index (χ0n) is 19.2. The molecule has 0 spiro atoms. The number of amides is 3. The molecule has 1 aliphatic heterocycles. The molecule has 31 heavy (non-hydrogen) atoms. The van der Waals surface area contributed by atoms with Crippen molar-refractivity contribution in [1.82, 2.24) is 20.5 Å². The molecule has 0 bridgehead atoms. The summed E-state index contributed by atoms with van der Waals surface area (Å²) in [5.74, 6) is -0.0941. The van der Waals surface area contributed by atoms with E-state index in [2.05, 4.69) is 28.6 Å². The summed E-state index contributed by atoms with van der Waals surface area (Å²) in [5, 5.41) is 6.26. The lowest BCUT2D eigenvalue weighted by Crippen LogP contribution is -2.51. The number of hydrogen-bond acceptors (Lipinski definition) is 3. The summed E-state index contributed by atoms with van der Waals surface area (Å²) in [7, 11) is 0. The van der Waals surface area contributed by atoms with Crippen molar-refractivity contribution < 1.29 is 9.59 Å². The van der Waals surface area contributed by atoms with E-state index in [0.717, 1.165) is 22.4 Å². The summed E-state index contributed by atoms with van der Waals surface area (Å²) in [6, 6.07) is 11.7. The number of aryl methyl sites for hydroxylation is 2. The van der Waals surface area contributed by atoms with Crippen molar-refractivity contribution >= 4 is 11.9 Å². The molecule has 2 heterocycles. The number of rotatable bonds is 4. The van der Waals surface area contributed by atoms with Crippen molar-refractivity contribution in [3.63, 3.8) is 0 Å². The van der Waals surface area contributed by atoms with Crippen LogP contribution in [-0.4, -0.2) is 40.5 Å². The van der Waals surface area contributed by atoms with Gasteiger partial charge in [0.1, 0.15) is 0 Å². The van der Waals surface area contributed by atoms with Gasteiger partial charge in [0.15, 0.2) is 0 Å². The summed E-state index contributed by atoms with van der Waals surface area (Å²) >= 11 is 0. The van der Waals surface area contributed by atoms with E-state index in [1.807, 2.05) is 58.0 Å². The van der Waals surface area contributed by atoms with Crippen LogP contribution in [0.25, 0.3) is 0 Å². The zero-order valence-corrected chi connectivity index (χ0v) is 19.2. The normalized spacial score (nSPS) is 16.0. The van der Waals surface area contributed by atoms with E-state index in [9.17, 15) is 9.59 Å². The number of urea groups is 1. The number of carbonyl (C=O) groups is 2. The number of nitrogens with one attached hydrogen (secondary N) is 2. The maximum Gasteiger partial charge on any atom is 0.317 e. The van der Waals surface area contributed by atoms with Gasteiger partial charge in [-0.25, -0.2) is 4.79 Å². The molecule has 3 rings (SSSR count). The molecular formula is C25H34N4O2. The highest BCUT2D eigenvalue weighted by molar-refractivity contribution is 5.80. The third-order valence-corrected chi connectivity index (χ3v) is 5.74. The molecule has 2 N–H and O–H groups in total. The highest BCUT2D eigenvalue weighted by Gasteiger charge is 2.31. The van der Waals surface area contributed by atoms with E-state index in [1.165, 1.54) is 0 Å². The van der Waals surface area contributed by atoms with Crippen LogP contribution in [0.4, 0.5) is 4.79 Å². The second-order valence-electron chi connectivity index (χ2n) is 9.45. The molecule has 1 aromatic heterocycles. The van der Waals surface area contributed by atoms with Crippen LogP contribution < -0.4 is 10.6 Å². The molecule has 6 heteroatoms. The number of carbonyl (C=O) groups excluding carboxylic acids is 2. The van der Waals surface area contributed by atoms with Gasteiger partial charge in [-0.2, -0.15) is 0 Å². The number of likely N-dealkylation sites (tertiary alicyclic amines) is 1. The van der Waals surface area contributed by atoms with Crippen molar-refractivity contribution in [3.8, 4) is 0 Å². The molecule has 2 aromatic rings. The molecule has 166 valence electrons. The first-order valence-corrected chi connectivity index (χ1v) is 11.0. The summed E-state index contributed by atoms with van der Waals surface area (Å²) in [4.78, 5) is 32.0. The van der Waals surface area contributed by atoms with Gasteiger partial charge in [0, 0.05) is 30.7 Å². The Hall–Kier alpha value is -2.89. The summed E-state index contributed by atoms with van der Waals surface area (Å²) in [6.07, 6.45) is 3.09. The third-order valence-electron chi connectivity index (χ3n) is 5.74. The number of piperidine rings is 1. The third kappa shape index (κ3) is 5.84. The lowest BCUT2D eigenvalue weighted by atomic mass is 9.92. The molecule has 0 saturated carbocycles. The minimum atomic E-state index is -0.294. The second-order valence-corrected chi connectivity index (χ2v) is 9.45. The second kappa shape index (κ2) is 9.50. The van der Waals surface area contributed by atoms with E-state index in [0.29, 0.717) is 25.9 Å². The van der Waals surface area contributed by atoms with Crippen LogP contribution >= 0.6 is 0 Å². The first kappa shape index (κ1) is 22.8. The van der Waals surface area contributed by atoms with Crippen molar-refractivity contribution in [3.05, 3.63) is 65.0 Å². The maximum absolute atomic E-state index is 13.2. The Bertz CT molecular complexity index is 882. The van der Waals surface area contributed by atoms with E-state index < -0.39 is 0 Å². The highest BCUT2D eigenvalue weighted by Crippen LogP contribution is 2.27. The average Bonchev–Trinajstić information content (AvgIpc) is 2.72. The number of pyridine rings is 1. The van der Waals surface area contributed by atoms with Crippen molar-refractivity contribution in [2.45, 2.75) is 59.0 Å². The van der Waals surface area contributed by atoms with Gasteiger partial charge in [0.2, 0.25) is 5.91 Å². The van der Waals surface area contributed by atoms with Crippen LogP contribution in [-0.2, 0) is 4.79 Å². The molecule has 1 atom stereocenters. The van der Waals surface area contributed by atoms with Crippen LogP contribution in [0.15, 0.2) is 42.6 Å².